The lowest BCUT2D eigenvalue weighted by Gasteiger charge is -2.19. The van der Waals surface area contributed by atoms with Crippen molar-refractivity contribution in [3.05, 3.63) is 39.4 Å². The number of rotatable bonds is 8. The highest BCUT2D eigenvalue weighted by Crippen LogP contribution is 2.34. The third-order valence-corrected chi connectivity index (χ3v) is 6.08. The van der Waals surface area contributed by atoms with Crippen LogP contribution in [0.1, 0.15) is 55.7 Å². The summed E-state index contributed by atoms with van der Waals surface area (Å²) in [4.78, 5) is 30.3. The lowest BCUT2D eigenvalue weighted by Crippen LogP contribution is -2.25. The van der Waals surface area contributed by atoms with E-state index in [9.17, 15) is 9.59 Å². The van der Waals surface area contributed by atoms with Crippen LogP contribution in [0.3, 0.4) is 0 Å². The minimum absolute atomic E-state index is 0.0157. The SMILES string of the molecule is CC[C@@H](CC(C)C)C(=O)C(C=O)c1nc(-c2ccc(C)c(Cl)c2)sc1C. The molecule has 0 aliphatic rings. The van der Waals surface area contributed by atoms with Crippen molar-refractivity contribution in [1.82, 2.24) is 4.98 Å². The summed E-state index contributed by atoms with van der Waals surface area (Å²) in [7, 11) is 0. The number of aldehydes is 1. The van der Waals surface area contributed by atoms with Crippen molar-refractivity contribution in [1.29, 1.82) is 0 Å². The van der Waals surface area contributed by atoms with E-state index in [1.807, 2.05) is 39.0 Å². The van der Waals surface area contributed by atoms with Crippen LogP contribution in [-0.4, -0.2) is 17.1 Å². The van der Waals surface area contributed by atoms with Gasteiger partial charge in [0.05, 0.1) is 5.69 Å². The molecule has 0 fully saturated rings. The minimum atomic E-state index is -0.787. The number of hydrogen-bond donors (Lipinski definition) is 0. The molecular formula is C21H26ClNO2S. The monoisotopic (exact) mass is 391 g/mol. The number of benzene rings is 1. The van der Waals surface area contributed by atoms with Crippen molar-refractivity contribution >= 4 is 35.0 Å². The first-order chi connectivity index (χ1) is 12.3. The Bertz CT molecular complexity index is 797. The molecule has 26 heavy (non-hydrogen) atoms. The molecule has 0 bridgehead atoms. The fourth-order valence-electron chi connectivity index (χ4n) is 3.12. The standard InChI is InChI=1S/C21H26ClNO2S/c1-6-15(9-12(2)3)20(25)17(11-24)19-14(5)26-21(23-19)16-8-7-13(4)18(22)10-16/h7-8,10-12,15,17H,6,9H2,1-5H3/t15-,17?/m0/s1. The number of aromatic nitrogens is 1. The van der Waals surface area contributed by atoms with Crippen LogP contribution in [-0.2, 0) is 9.59 Å². The van der Waals surface area contributed by atoms with Crippen molar-refractivity contribution < 1.29 is 9.59 Å². The minimum Gasteiger partial charge on any atom is -0.302 e. The first kappa shape index (κ1) is 20.8. The normalized spacial score (nSPS) is 13.7. The fraction of sp³-hybridized carbons (Fsp3) is 0.476. The largest absolute Gasteiger partial charge is 0.302 e. The summed E-state index contributed by atoms with van der Waals surface area (Å²) in [6.45, 7) is 10.1. The Hall–Kier alpha value is -1.52. The van der Waals surface area contributed by atoms with Gasteiger partial charge in [-0.3, -0.25) is 4.79 Å². The van der Waals surface area contributed by atoms with Crippen LogP contribution in [0.4, 0.5) is 0 Å². The Morgan fingerprint density at radius 2 is 2.00 bits per heavy atom. The van der Waals surface area contributed by atoms with E-state index in [-0.39, 0.29) is 11.7 Å². The predicted molar refractivity (Wildman–Crippen MR) is 109 cm³/mol. The summed E-state index contributed by atoms with van der Waals surface area (Å²) in [6.07, 6.45) is 2.29. The molecule has 0 aliphatic heterocycles. The van der Waals surface area contributed by atoms with Gasteiger partial charge < -0.3 is 4.79 Å². The first-order valence-corrected chi connectivity index (χ1v) is 10.2. The van der Waals surface area contributed by atoms with Crippen LogP contribution in [0, 0.1) is 25.7 Å². The molecule has 140 valence electrons. The molecule has 3 nitrogen and oxygen atoms in total. The molecule has 2 aromatic rings. The van der Waals surface area contributed by atoms with Gasteiger partial charge in [0.2, 0.25) is 0 Å². The number of hydrogen-bond acceptors (Lipinski definition) is 4. The van der Waals surface area contributed by atoms with Crippen LogP contribution in [0.5, 0.6) is 0 Å². The molecule has 0 radical (unpaired) electrons. The number of carbonyl (C=O) groups excluding carboxylic acids is 2. The van der Waals surface area contributed by atoms with Gasteiger partial charge in [0.15, 0.2) is 5.78 Å². The molecule has 0 aliphatic carbocycles. The van der Waals surface area contributed by atoms with Crippen LogP contribution in [0.25, 0.3) is 10.6 Å². The highest BCUT2D eigenvalue weighted by molar-refractivity contribution is 7.15. The Labute approximate surface area is 164 Å². The van der Waals surface area contributed by atoms with Gasteiger partial charge in [0.25, 0.3) is 0 Å². The van der Waals surface area contributed by atoms with E-state index in [2.05, 4.69) is 18.8 Å². The van der Waals surface area contributed by atoms with Gasteiger partial charge in [0.1, 0.15) is 17.2 Å². The Balaban J connectivity index is 2.36. The first-order valence-electron chi connectivity index (χ1n) is 9.01. The van der Waals surface area contributed by atoms with Gasteiger partial charge in [-0.2, -0.15) is 0 Å². The van der Waals surface area contributed by atoms with E-state index in [1.54, 1.807) is 0 Å². The molecule has 1 unspecified atom stereocenters. The maximum Gasteiger partial charge on any atom is 0.152 e. The molecule has 0 saturated heterocycles. The van der Waals surface area contributed by atoms with Gasteiger partial charge in [-0.25, -0.2) is 4.98 Å². The van der Waals surface area contributed by atoms with Gasteiger partial charge >= 0.3 is 0 Å². The molecule has 1 aromatic carbocycles. The van der Waals surface area contributed by atoms with E-state index < -0.39 is 5.92 Å². The Kier molecular flexibility index (Phi) is 7.13. The second-order valence-corrected chi connectivity index (χ2v) is 8.79. The summed E-state index contributed by atoms with van der Waals surface area (Å²) in [5, 5.41) is 1.47. The number of carbonyl (C=O) groups is 2. The second-order valence-electron chi connectivity index (χ2n) is 7.18. The molecule has 5 heteroatoms. The molecule has 2 atom stereocenters. The van der Waals surface area contributed by atoms with Gasteiger partial charge in [-0.1, -0.05) is 44.5 Å². The highest BCUT2D eigenvalue weighted by Gasteiger charge is 2.30. The predicted octanol–water partition coefficient (Wildman–Crippen LogP) is 6.00. The van der Waals surface area contributed by atoms with Gasteiger partial charge in [-0.05, 0) is 44.2 Å². The van der Waals surface area contributed by atoms with Crippen molar-refractivity contribution in [2.45, 2.75) is 53.4 Å². The van der Waals surface area contributed by atoms with Crippen LogP contribution in [0.15, 0.2) is 18.2 Å². The average molecular weight is 392 g/mol. The summed E-state index contributed by atoms with van der Waals surface area (Å²) in [5.41, 5.74) is 2.50. The van der Waals surface area contributed by atoms with Crippen LogP contribution < -0.4 is 0 Å². The lowest BCUT2D eigenvalue weighted by atomic mass is 9.84. The maximum absolute atomic E-state index is 13.0. The zero-order valence-electron chi connectivity index (χ0n) is 16.0. The number of aryl methyl sites for hydroxylation is 2. The quantitative estimate of drug-likeness (QED) is 0.409. The van der Waals surface area contributed by atoms with Crippen molar-refractivity contribution in [3.8, 4) is 10.6 Å². The van der Waals surface area contributed by atoms with Crippen LogP contribution in [0.2, 0.25) is 5.02 Å². The third kappa shape index (κ3) is 4.60. The molecule has 2 rings (SSSR count). The van der Waals surface area contributed by atoms with E-state index in [0.717, 1.165) is 40.1 Å². The number of ketones is 1. The van der Waals surface area contributed by atoms with E-state index in [0.29, 0.717) is 16.6 Å². The molecular weight excluding hydrogens is 366 g/mol. The molecule has 1 aromatic heterocycles. The van der Waals surface area contributed by atoms with Gasteiger partial charge in [0, 0.05) is 21.4 Å². The Morgan fingerprint density at radius 1 is 1.31 bits per heavy atom. The molecule has 0 amide bonds. The van der Waals surface area contributed by atoms with Crippen molar-refractivity contribution in [3.63, 3.8) is 0 Å². The smallest absolute Gasteiger partial charge is 0.152 e. The third-order valence-electron chi connectivity index (χ3n) is 4.64. The lowest BCUT2D eigenvalue weighted by molar-refractivity contribution is -0.128. The average Bonchev–Trinajstić information content (AvgIpc) is 2.97. The zero-order valence-corrected chi connectivity index (χ0v) is 17.6. The summed E-state index contributed by atoms with van der Waals surface area (Å²) >= 11 is 7.72. The second kappa shape index (κ2) is 8.92. The summed E-state index contributed by atoms with van der Waals surface area (Å²) in [6, 6.07) is 5.80. The fourth-order valence-corrected chi connectivity index (χ4v) is 4.26. The molecule has 0 N–H and O–H groups in total. The highest BCUT2D eigenvalue weighted by atomic mass is 35.5. The molecule has 0 saturated carbocycles. The van der Waals surface area contributed by atoms with Crippen LogP contribution >= 0.6 is 22.9 Å². The van der Waals surface area contributed by atoms with Crippen molar-refractivity contribution in [2.24, 2.45) is 11.8 Å². The summed E-state index contributed by atoms with van der Waals surface area (Å²) in [5.74, 6) is -0.496. The van der Waals surface area contributed by atoms with E-state index >= 15 is 0 Å². The molecule has 0 spiro atoms. The molecule has 1 heterocycles. The number of Topliss-reactive ketones (excluding diaryl/α,β-unsaturated/α-hetero) is 1. The summed E-state index contributed by atoms with van der Waals surface area (Å²) < 4.78 is 0. The van der Waals surface area contributed by atoms with Crippen molar-refractivity contribution in [2.75, 3.05) is 0 Å². The number of halogens is 1. The van der Waals surface area contributed by atoms with E-state index in [4.69, 9.17) is 11.6 Å². The number of thiazole rings is 1. The maximum atomic E-state index is 13.0. The Morgan fingerprint density at radius 3 is 2.54 bits per heavy atom. The van der Waals surface area contributed by atoms with E-state index in [1.165, 1.54) is 11.3 Å². The zero-order chi connectivity index (χ0) is 19.4. The topological polar surface area (TPSA) is 47.0 Å². The number of nitrogens with zero attached hydrogens (tertiary/aromatic N) is 1. The van der Waals surface area contributed by atoms with Gasteiger partial charge in [-0.15, -0.1) is 11.3 Å².